The number of hydrogen-bond donors (Lipinski definition) is 0. The number of carbonyl (C=O) groups is 1. The predicted octanol–water partition coefficient (Wildman–Crippen LogP) is 3.72. The lowest BCUT2D eigenvalue weighted by atomic mass is 9.86. The van der Waals surface area contributed by atoms with E-state index in [-0.39, 0.29) is 28.8 Å². The molecule has 0 spiro atoms. The lowest BCUT2D eigenvalue weighted by Crippen LogP contribution is -2.24. The average Bonchev–Trinajstić information content (AvgIpc) is 2.56. The minimum atomic E-state index is -0.452. The number of fused-ring (bicyclic) bond motifs is 1. The van der Waals surface area contributed by atoms with Crippen LogP contribution in [0.25, 0.3) is 10.9 Å². The highest BCUT2D eigenvalue weighted by molar-refractivity contribution is 5.96. The predicted molar refractivity (Wildman–Crippen MR) is 95.4 cm³/mol. The number of hydrogen-bond acceptors (Lipinski definition) is 3. The number of halogens is 1. The summed E-state index contributed by atoms with van der Waals surface area (Å²) >= 11 is 0. The van der Waals surface area contributed by atoms with E-state index in [1.165, 1.54) is 29.1 Å². The molecule has 0 aliphatic rings. The standard InChI is InChI=1S/C20H19FN2O2/c1-20(2,3)14-6-4-13(5-7-14)18(24)11-23-12-22-17-10-15(21)8-9-16(17)19(23)25/h4-10,12H,11H2,1-3H3. The molecule has 0 saturated carbocycles. The van der Waals surface area contributed by atoms with E-state index in [9.17, 15) is 14.0 Å². The summed E-state index contributed by atoms with van der Waals surface area (Å²) in [4.78, 5) is 29.0. The first-order valence-corrected chi connectivity index (χ1v) is 8.04. The molecule has 0 aliphatic carbocycles. The lowest BCUT2D eigenvalue weighted by molar-refractivity contribution is 0.0970. The number of rotatable bonds is 3. The number of ketones is 1. The summed E-state index contributed by atoms with van der Waals surface area (Å²) in [6, 6.07) is 11.2. The topological polar surface area (TPSA) is 52.0 Å². The molecule has 0 amide bonds. The van der Waals surface area contributed by atoms with Crippen molar-refractivity contribution < 1.29 is 9.18 Å². The molecule has 0 atom stereocenters. The first-order valence-electron chi connectivity index (χ1n) is 8.04. The van der Waals surface area contributed by atoms with Gasteiger partial charge in [0, 0.05) is 11.6 Å². The van der Waals surface area contributed by atoms with Crippen LogP contribution in [-0.2, 0) is 12.0 Å². The minimum Gasteiger partial charge on any atom is -0.292 e. The van der Waals surface area contributed by atoms with Crippen molar-refractivity contribution in [3.63, 3.8) is 0 Å². The minimum absolute atomic E-state index is 0.00998. The van der Waals surface area contributed by atoms with Crippen molar-refractivity contribution in [3.05, 3.63) is 76.1 Å². The third-order valence-electron chi connectivity index (χ3n) is 4.17. The highest BCUT2D eigenvalue weighted by Gasteiger charge is 2.15. The van der Waals surface area contributed by atoms with Crippen molar-refractivity contribution in [1.29, 1.82) is 0 Å². The van der Waals surface area contributed by atoms with E-state index in [0.717, 1.165) is 5.56 Å². The monoisotopic (exact) mass is 338 g/mol. The molecule has 0 aliphatic heterocycles. The van der Waals surface area contributed by atoms with Gasteiger partial charge in [0.05, 0.1) is 23.8 Å². The van der Waals surface area contributed by atoms with E-state index in [1.54, 1.807) is 12.1 Å². The van der Waals surface area contributed by atoms with Crippen molar-refractivity contribution in [1.82, 2.24) is 9.55 Å². The molecule has 0 fully saturated rings. The molecule has 25 heavy (non-hydrogen) atoms. The van der Waals surface area contributed by atoms with Gasteiger partial charge in [-0.1, -0.05) is 45.0 Å². The van der Waals surface area contributed by atoms with E-state index in [2.05, 4.69) is 25.8 Å². The highest BCUT2D eigenvalue weighted by Crippen LogP contribution is 2.22. The van der Waals surface area contributed by atoms with Crippen molar-refractivity contribution in [2.75, 3.05) is 0 Å². The Morgan fingerprint density at radius 2 is 1.80 bits per heavy atom. The van der Waals surface area contributed by atoms with Gasteiger partial charge in [-0.3, -0.25) is 14.2 Å². The first-order chi connectivity index (χ1) is 11.8. The molecule has 0 saturated heterocycles. The Bertz CT molecular complexity index is 999. The smallest absolute Gasteiger partial charge is 0.261 e. The molecular formula is C20H19FN2O2. The fraction of sp³-hybridized carbons (Fsp3) is 0.250. The Labute approximate surface area is 144 Å². The van der Waals surface area contributed by atoms with Crippen molar-refractivity contribution in [2.45, 2.75) is 32.7 Å². The number of aromatic nitrogens is 2. The summed E-state index contributed by atoms with van der Waals surface area (Å²) in [7, 11) is 0. The van der Waals surface area contributed by atoms with Gasteiger partial charge in [-0.05, 0) is 23.1 Å². The van der Waals surface area contributed by atoms with Crippen LogP contribution in [0, 0.1) is 5.82 Å². The molecule has 3 rings (SSSR count). The van der Waals surface area contributed by atoms with Gasteiger partial charge < -0.3 is 0 Å². The second kappa shape index (κ2) is 6.24. The molecule has 5 heteroatoms. The fourth-order valence-corrected chi connectivity index (χ4v) is 2.65. The van der Waals surface area contributed by atoms with E-state index >= 15 is 0 Å². The maximum Gasteiger partial charge on any atom is 0.261 e. The third-order valence-corrected chi connectivity index (χ3v) is 4.17. The molecule has 4 nitrogen and oxygen atoms in total. The molecule has 0 unspecified atom stereocenters. The van der Waals surface area contributed by atoms with Gasteiger partial charge in [-0.15, -0.1) is 0 Å². The van der Waals surface area contributed by atoms with Crippen LogP contribution in [-0.4, -0.2) is 15.3 Å². The fourth-order valence-electron chi connectivity index (χ4n) is 2.65. The third kappa shape index (κ3) is 3.50. The maximum absolute atomic E-state index is 13.2. The van der Waals surface area contributed by atoms with Gasteiger partial charge in [-0.25, -0.2) is 9.37 Å². The molecule has 0 bridgehead atoms. The maximum atomic E-state index is 13.2. The van der Waals surface area contributed by atoms with Crippen LogP contribution in [0.3, 0.4) is 0 Å². The summed E-state index contributed by atoms with van der Waals surface area (Å²) in [5.41, 5.74) is 1.61. The van der Waals surface area contributed by atoms with Crippen LogP contribution in [0.1, 0.15) is 36.7 Å². The van der Waals surface area contributed by atoms with Gasteiger partial charge in [0.25, 0.3) is 5.56 Å². The molecule has 0 radical (unpaired) electrons. The van der Waals surface area contributed by atoms with E-state index < -0.39 is 5.82 Å². The zero-order valence-corrected chi connectivity index (χ0v) is 14.4. The molecule has 0 N–H and O–H groups in total. The van der Waals surface area contributed by atoms with Gasteiger partial charge in [0.15, 0.2) is 5.78 Å². The zero-order chi connectivity index (χ0) is 18.2. The molecule has 128 valence electrons. The SMILES string of the molecule is CC(C)(C)c1ccc(C(=O)Cn2cnc3cc(F)ccc3c2=O)cc1. The summed E-state index contributed by atoms with van der Waals surface area (Å²) < 4.78 is 14.5. The normalized spacial score (nSPS) is 11.7. The van der Waals surface area contributed by atoms with Crippen LogP contribution in [0.5, 0.6) is 0 Å². The van der Waals surface area contributed by atoms with Crippen molar-refractivity contribution in [2.24, 2.45) is 0 Å². The Morgan fingerprint density at radius 3 is 2.44 bits per heavy atom. The Morgan fingerprint density at radius 1 is 1.12 bits per heavy atom. The number of benzene rings is 2. The van der Waals surface area contributed by atoms with E-state index in [1.807, 2.05) is 12.1 Å². The second-order valence-electron chi connectivity index (χ2n) is 7.09. The molecular weight excluding hydrogens is 319 g/mol. The largest absolute Gasteiger partial charge is 0.292 e. The second-order valence-corrected chi connectivity index (χ2v) is 7.09. The Kier molecular flexibility index (Phi) is 4.25. The van der Waals surface area contributed by atoms with Crippen molar-refractivity contribution >= 4 is 16.7 Å². The summed E-state index contributed by atoms with van der Waals surface area (Å²) in [5, 5.41) is 0.291. The van der Waals surface area contributed by atoms with Crippen LogP contribution in [0.15, 0.2) is 53.6 Å². The average molecular weight is 338 g/mol. The molecule has 1 heterocycles. The number of carbonyl (C=O) groups excluding carboxylic acids is 1. The summed E-state index contributed by atoms with van der Waals surface area (Å²) in [5.74, 6) is -0.627. The quantitative estimate of drug-likeness (QED) is 0.684. The molecule has 2 aromatic carbocycles. The molecule has 1 aromatic heterocycles. The van der Waals surface area contributed by atoms with E-state index in [0.29, 0.717) is 10.9 Å². The summed E-state index contributed by atoms with van der Waals surface area (Å²) in [6.07, 6.45) is 1.28. The van der Waals surface area contributed by atoms with Crippen LogP contribution in [0.4, 0.5) is 4.39 Å². The van der Waals surface area contributed by atoms with Gasteiger partial charge in [-0.2, -0.15) is 0 Å². The lowest BCUT2D eigenvalue weighted by Gasteiger charge is -2.19. The summed E-state index contributed by atoms with van der Waals surface area (Å²) in [6.45, 7) is 6.21. The van der Waals surface area contributed by atoms with Crippen LogP contribution in [0.2, 0.25) is 0 Å². The van der Waals surface area contributed by atoms with Gasteiger partial charge in [0.2, 0.25) is 0 Å². The van der Waals surface area contributed by atoms with Crippen LogP contribution >= 0.6 is 0 Å². The molecule has 3 aromatic rings. The zero-order valence-electron chi connectivity index (χ0n) is 14.4. The van der Waals surface area contributed by atoms with Gasteiger partial charge in [0.1, 0.15) is 5.82 Å². The number of nitrogens with zero attached hydrogens (tertiary/aromatic N) is 2. The first kappa shape index (κ1) is 17.0. The van der Waals surface area contributed by atoms with Crippen molar-refractivity contribution in [3.8, 4) is 0 Å². The van der Waals surface area contributed by atoms with Crippen LogP contribution < -0.4 is 5.56 Å². The Hall–Kier alpha value is -2.82. The highest BCUT2D eigenvalue weighted by atomic mass is 19.1. The van der Waals surface area contributed by atoms with E-state index in [4.69, 9.17) is 0 Å². The Balaban J connectivity index is 1.88. The number of Topliss-reactive ketones (excluding diaryl/α,β-unsaturated/α-hetero) is 1. The van der Waals surface area contributed by atoms with Gasteiger partial charge >= 0.3 is 0 Å².